The molecule has 29 heavy (non-hydrogen) atoms. The molecule has 0 aromatic heterocycles. The average Bonchev–Trinajstić information content (AvgIpc) is 3.01. The van der Waals surface area contributed by atoms with Crippen LogP contribution < -0.4 is 20.7 Å². The molecule has 3 rings (SSSR count). The summed E-state index contributed by atoms with van der Waals surface area (Å²) in [5.41, 5.74) is 1.53. The Morgan fingerprint density at radius 2 is 1.97 bits per heavy atom. The van der Waals surface area contributed by atoms with E-state index in [2.05, 4.69) is 16.0 Å². The summed E-state index contributed by atoms with van der Waals surface area (Å²) in [4.78, 5) is 36.4. The molecule has 2 aromatic rings. The van der Waals surface area contributed by atoms with Gasteiger partial charge in [0.25, 0.3) is 5.91 Å². The first kappa shape index (κ1) is 20.3. The number of anilines is 1. The standard InChI is InChI=1S/C21H22FN3O4/c1-2-29-18-6-4-3-5-15(18)20(27)24-12-19(26)23-10-9-14-16-11-13(22)7-8-17(16)25-21(14)28/h3-8,11,14H,2,9-10,12H2,1H3,(H,23,26)(H,24,27)(H,25,28). The van der Waals surface area contributed by atoms with E-state index in [1.54, 1.807) is 24.3 Å². The van der Waals surface area contributed by atoms with Gasteiger partial charge < -0.3 is 20.7 Å². The summed E-state index contributed by atoms with van der Waals surface area (Å²) < 4.78 is 18.9. The Balaban J connectivity index is 1.47. The molecule has 0 bridgehead atoms. The normalized spacial score (nSPS) is 14.7. The van der Waals surface area contributed by atoms with Crippen molar-refractivity contribution in [1.29, 1.82) is 0 Å². The van der Waals surface area contributed by atoms with Crippen molar-refractivity contribution in [3.05, 3.63) is 59.4 Å². The van der Waals surface area contributed by atoms with Gasteiger partial charge in [0.05, 0.1) is 24.6 Å². The maximum Gasteiger partial charge on any atom is 0.255 e. The lowest BCUT2D eigenvalue weighted by molar-refractivity contribution is -0.121. The molecule has 0 fully saturated rings. The summed E-state index contributed by atoms with van der Waals surface area (Å²) in [7, 11) is 0. The van der Waals surface area contributed by atoms with E-state index in [9.17, 15) is 18.8 Å². The second kappa shape index (κ2) is 9.18. The van der Waals surface area contributed by atoms with Crippen molar-refractivity contribution < 1.29 is 23.5 Å². The van der Waals surface area contributed by atoms with E-state index in [1.807, 2.05) is 6.92 Å². The van der Waals surface area contributed by atoms with Gasteiger partial charge in [0.2, 0.25) is 11.8 Å². The number of fused-ring (bicyclic) bond motifs is 1. The highest BCUT2D eigenvalue weighted by Gasteiger charge is 2.30. The number of para-hydroxylation sites is 1. The summed E-state index contributed by atoms with van der Waals surface area (Å²) in [5, 5.41) is 7.91. The lowest BCUT2D eigenvalue weighted by Gasteiger charge is -2.12. The van der Waals surface area contributed by atoms with E-state index in [4.69, 9.17) is 4.74 Å². The fraction of sp³-hybridized carbons (Fsp3) is 0.286. The molecule has 1 unspecified atom stereocenters. The number of amides is 3. The van der Waals surface area contributed by atoms with Crippen molar-refractivity contribution in [1.82, 2.24) is 10.6 Å². The van der Waals surface area contributed by atoms with Gasteiger partial charge in [-0.15, -0.1) is 0 Å². The van der Waals surface area contributed by atoms with E-state index >= 15 is 0 Å². The minimum absolute atomic E-state index is 0.207. The Bertz CT molecular complexity index is 932. The third kappa shape index (κ3) is 4.90. The Morgan fingerprint density at radius 3 is 2.76 bits per heavy atom. The molecule has 0 saturated heterocycles. The van der Waals surface area contributed by atoms with Crippen LogP contribution in [0.25, 0.3) is 0 Å². The predicted molar refractivity (Wildman–Crippen MR) is 105 cm³/mol. The monoisotopic (exact) mass is 399 g/mol. The van der Waals surface area contributed by atoms with Crippen molar-refractivity contribution in [2.24, 2.45) is 0 Å². The molecule has 8 heteroatoms. The number of hydrogen-bond donors (Lipinski definition) is 3. The van der Waals surface area contributed by atoms with Crippen LogP contribution in [0.1, 0.15) is 35.2 Å². The van der Waals surface area contributed by atoms with Crippen molar-refractivity contribution in [3.63, 3.8) is 0 Å². The van der Waals surface area contributed by atoms with E-state index < -0.39 is 17.6 Å². The van der Waals surface area contributed by atoms with Crippen LogP contribution in [0.4, 0.5) is 10.1 Å². The highest BCUT2D eigenvalue weighted by atomic mass is 19.1. The van der Waals surface area contributed by atoms with Gasteiger partial charge in [-0.2, -0.15) is 0 Å². The Kier molecular flexibility index (Phi) is 6.43. The van der Waals surface area contributed by atoms with E-state index in [-0.39, 0.29) is 24.9 Å². The minimum Gasteiger partial charge on any atom is -0.493 e. The van der Waals surface area contributed by atoms with Crippen LogP contribution in [0.15, 0.2) is 42.5 Å². The smallest absolute Gasteiger partial charge is 0.255 e. The lowest BCUT2D eigenvalue weighted by atomic mass is 9.97. The third-order valence-corrected chi connectivity index (χ3v) is 4.56. The van der Waals surface area contributed by atoms with Crippen LogP contribution in [0, 0.1) is 5.82 Å². The summed E-state index contributed by atoms with van der Waals surface area (Å²) in [6.07, 6.45) is 0.329. The van der Waals surface area contributed by atoms with Gasteiger partial charge in [0.15, 0.2) is 0 Å². The average molecular weight is 399 g/mol. The zero-order valence-electron chi connectivity index (χ0n) is 16.0. The first-order valence-corrected chi connectivity index (χ1v) is 9.36. The molecular formula is C21H22FN3O4. The van der Waals surface area contributed by atoms with E-state index in [0.717, 1.165) is 0 Å². The van der Waals surface area contributed by atoms with Crippen LogP contribution >= 0.6 is 0 Å². The van der Waals surface area contributed by atoms with E-state index in [0.29, 0.717) is 35.6 Å². The first-order valence-electron chi connectivity index (χ1n) is 9.36. The minimum atomic E-state index is -0.520. The zero-order valence-corrected chi connectivity index (χ0v) is 16.0. The SMILES string of the molecule is CCOc1ccccc1C(=O)NCC(=O)NCCC1C(=O)Nc2ccc(F)cc21. The Hall–Kier alpha value is -3.42. The third-order valence-electron chi connectivity index (χ3n) is 4.56. The highest BCUT2D eigenvalue weighted by molar-refractivity contribution is 6.03. The maximum absolute atomic E-state index is 13.4. The molecule has 2 aromatic carbocycles. The fourth-order valence-corrected chi connectivity index (χ4v) is 3.19. The van der Waals surface area contributed by atoms with Crippen molar-refractivity contribution >= 4 is 23.4 Å². The molecular weight excluding hydrogens is 377 g/mol. The number of benzene rings is 2. The van der Waals surface area contributed by atoms with Gasteiger partial charge >= 0.3 is 0 Å². The number of carbonyl (C=O) groups excluding carboxylic acids is 3. The van der Waals surface area contributed by atoms with Gasteiger partial charge in [-0.3, -0.25) is 14.4 Å². The van der Waals surface area contributed by atoms with Gasteiger partial charge in [-0.1, -0.05) is 12.1 Å². The van der Waals surface area contributed by atoms with Crippen LogP contribution in [-0.4, -0.2) is 37.4 Å². The molecule has 3 N–H and O–H groups in total. The second-order valence-electron chi connectivity index (χ2n) is 6.52. The molecule has 1 aliphatic heterocycles. The molecule has 0 radical (unpaired) electrons. The Morgan fingerprint density at radius 1 is 1.17 bits per heavy atom. The molecule has 1 heterocycles. The number of ether oxygens (including phenoxy) is 1. The molecule has 0 saturated carbocycles. The van der Waals surface area contributed by atoms with Crippen molar-refractivity contribution in [2.75, 3.05) is 25.0 Å². The quantitative estimate of drug-likeness (QED) is 0.634. The molecule has 7 nitrogen and oxygen atoms in total. The summed E-state index contributed by atoms with van der Waals surface area (Å²) in [5.74, 6) is -1.50. The molecule has 0 spiro atoms. The van der Waals surface area contributed by atoms with Crippen LogP contribution in [0.2, 0.25) is 0 Å². The molecule has 1 aliphatic rings. The van der Waals surface area contributed by atoms with Gasteiger partial charge in [-0.05, 0) is 49.2 Å². The molecule has 0 aliphatic carbocycles. The number of hydrogen-bond acceptors (Lipinski definition) is 4. The van der Waals surface area contributed by atoms with Crippen LogP contribution in [-0.2, 0) is 9.59 Å². The van der Waals surface area contributed by atoms with Crippen LogP contribution in [0.3, 0.4) is 0 Å². The summed E-state index contributed by atoms with van der Waals surface area (Å²) in [6.45, 7) is 2.26. The first-order chi connectivity index (χ1) is 14.0. The summed E-state index contributed by atoms with van der Waals surface area (Å²) in [6, 6.07) is 10.9. The topological polar surface area (TPSA) is 96.5 Å². The van der Waals surface area contributed by atoms with Gasteiger partial charge in [-0.25, -0.2) is 4.39 Å². The molecule has 3 amide bonds. The predicted octanol–water partition coefficient (Wildman–Crippen LogP) is 2.20. The Labute approximate surface area is 167 Å². The number of halogens is 1. The molecule has 152 valence electrons. The zero-order chi connectivity index (χ0) is 20.8. The summed E-state index contributed by atoms with van der Waals surface area (Å²) >= 11 is 0. The van der Waals surface area contributed by atoms with Crippen LogP contribution in [0.5, 0.6) is 5.75 Å². The largest absolute Gasteiger partial charge is 0.493 e. The maximum atomic E-state index is 13.4. The fourth-order valence-electron chi connectivity index (χ4n) is 3.19. The van der Waals surface area contributed by atoms with Crippen molar-refractivity contribution in [3.8, 4) is 5.75 Å². The highest BCUT2D eigenvalue weighted by Crippen LogP contribution is 2.34. The van der Waals surface area contributed by atoms with Gasteiger partial charge in [0, 0.05) is 12.2 Å². The van der Waals surface area contributed by atoms with E-state index in [1.165, 1.54) is 18.2 Å². The number of nitrogens with one attached hydrogen (secondary N) is 3. The molecule has 1 atom stereocenters. The van der Waals surface area contributed by atoms with Crippen molar-refractivity contribution in [2.45, 2.75) is 19.3 Å². The van der Waals surface area contributed by atoms with Gasteiger partial charge in [0.1, 0.15) is 11.6 Å². The number of carbonyl (C=O) groups is 3. The number of rotatable bonds is 8. The second-order valence-corrected chi connectivity index (χ2v) is 6.52. The lowest BCUT2D eigenvalue weighted by Crippen LogP contribution is -2.37.